The number of para-hydroxylation sites is 2. The molecule has 0 fully saturated rings. The number of ether oxygens (including phenoxy) is 1. The summed E-state index contributed by atoms with van der Waals surface area (Å²) in [7, 11) is -4.19. The number of benzene rings is 3. The molecular weight excluding hydrogens is 538 g/mol. The van der Waals surface area contributed by atoms with Gasteiger partial charge in [0.15, 0.2) is 0 Å². The first kappa shape index (κ1) is 30.0. The summed E-state index contributed by atoms with van der Waals surface area (Å²) in [6.07, 6.45) is 0.730. The van der Waals surface area contributed by atoms with Gasteiger partial charge in [0, 0.05) is 18.1 Å². The molecular formula is C29H34ClN3O5S. The number of halogens is 1. The van der Waals surface area contributed by atoms with E-state index in [2.05, 4.69) is 5.32 Å². The van der Waals surface area contributed by atoms with Gasteiger partial charge < -0.3 is 15.0 Å². The van der Waals surface area contributed by atoms with Gasteiger partial charge in [-0.15, -0.1) is 0 Å². The number of nitrogens with one attached hydrogen (secondary N) is 1. The van der Waals surface area contributed by atoms with Crippen molar-refractivity contribution >= 4 is 39.1 Å². The van der Waals surface area contributed by atoms with E-state index in [1.54, 1.807) is 80.6 Å². The van der Waals surface area contributed by atoms with Gasteiger partial charge in [-0.25, -0.2) is 8.42 Å². The summed E-state index contributed by atoms with van der Waals surface area (Å²) in [5.74, 6) is -0.594. The zero-order valence-electron chi connectivity index (χ0n) is 22.3. The topological polar surface area (TPSA) is 96.0 Å². The number of nitrogens with zero attached hydrogens (tertiary/aromatic N) is 2. The molecule has 2 amide bonds. The van der Waals surface area contributed by atoms with E-state index in [1.165, 1.54) is 17.0 Å². The van der Waals surface area contributed by atoms with E-state index >= 15 is 0 Å². The van der Waals surface area contributed by atoms with Gasteiger partial charge in [0.05, 0.1) is 17.2 Å². The van der Waals surface area contributed by atoms with Crippen LogP contribution >= 0.6 is 11.6 Å². The first-order valence-electron chi connectivity index (χ1n) is 12.8. The first-order valence-corrected chi connectivity index (χ1v) is 14.6. The summed E-state index contributed by atoms with van der Waals surface area (Å²) in [6, 6.07) is 20.7. The fourth-order valence-corrected chi connectivity index (χ4v) is 5.60. The van der Waals surface area contributed by atoms with Crippen molar-refractivity contribution in [2.24, 2.45) is 0 Å². The Balaban J connectivity index is 2.07. The lowest BCUT2D eigenvalue weighted by molar-refractivity contribution is -0.139. The summed E-state index contributed by atoms with van der Waals surface area (Å²) >= 11 is 6.39. The van der Waals surface area contributed by atoms with E-state index in [0.717, 1.165) is 10.7 Å². The van der Waals surface area contributed by atoms with Crippen molar-refractivity contribution in [1.29, 1.82) is 0 Å². The standard InChI is InChI=1S/C29H34ClN3O5S/c1-4-19-31-29(35)22(3)32(20-23-13-9-10-16-25(23)30)28(34)21-33(26-17-11-12-18-27(26)38-5-2)39(36,37)24-14-7-6-8-15-24/h6-18,22H,4-5,19-21H2,1-3H3,(H,31,35). The number of sulfonamides is 1. The zero-order valence-corrected chi connectivity index (χ0v) is 23.9. The normalized spacial score (nSPS) is 11.9. The SMILES string of the molecule is CCCNC(=O)C(C)N(Cc1ccccc1Cl)C(=O)CN(c1ccccc1OCC)S(=O)(=O)c1ccccc1. The minimum Gasteiger partial charge on any atom is -0.492 e. The zero-order chi connectivity index (χ0) is 28.4. The highest BCUT2D eigenvalue weighted by Crippen LogP contribution is 2.33. The van der Waals surface area contributed by atoms with Gasteiger partial charge in [0.2, 0.25) is 11.8 Å². The highest BCUT2D eigenvalue weighted by atomic mass is 35.5. The second kappa shape index (κ2) is 14.0. The van der Waals surface area contributed by atoms with E-state index in [-0.39, 0.29) is 23.0 Å². The summed E-state index contributed by atoms with van der Waals surface area (Å²) < 4.78 is 34.6. The molecule has 208 valence electrons. The molecule has 3 rings (SSSR count). The van der Waals surface area contributed by atoms with Crippen molar-refractivity contribution in [1.82, 2.24) is 10.2 Å². The average molecular weight is 572 g/mol. The quantitative estimate of drug-likeness (QED) is 0.315. The smallest absolute Gasteiger partial charge is 0.264 e. The molecule has 0 bridgehead atoms. The molecule has 3 aromatic rings. The van der Waals surface area contributed by atoms with Crippen LogP contribution in [0.4, 0.5) is 5.69 Å². The number of carbonyl (C=O) groups is 2. The minimum atomic E-state index is -4.19. The molecule has 0 aliphatic rings. The van der Waals surface area contributed by atoms with E-state index in [9.17, 15) is 18.0 Å². The first-order chi connectivity index (χ1) is 18.7. The molecule has 1 N–H and O–H groups in total. The maximum Gasteiger partial charge on any atom is 0.264 e. The van der Waals surface area contributed by atoms with Crippen molar-refractivity contribution in [2.75, 3.05) is 24.0 Å². The monoisotopic (exact) mass is 571 g/mol. The molecule has 0 aliphatic carbocycles. The van der Waals surface area contributed by atoms with Crippen molar-refractivity contribution in [3.05, 3.63) is 89.4 Å². The highest BCUT2D eigenvalue weighted by molar-refractivity contribution is 7.92. The molecule has 0 saturated heterocycles. The van der Waals surface area contributed by atoms with Crippen molar-refractivity contribution in [3.8, 4) is 5.75 Å². The highest BCUT2D eigenvalue weighted by Gasteiger charge is 2.33. The predicted octanol–water partition coefficient (Wildman–Crippen LogP) is 4.88. The number of hydrogen-bond acceptors (Lipinski definition) is 5. The maximum absolute atomic E-state index is 14.0. The van der Waals surface area contributed by atoms with Crippen molar-refractivity contribution in [3.63, 3.8) is 0 Å². The number of rotatable bonds is 13. The maximum atomic E-state index is 14.0. The van der Waals surface area contributed by atoms with Crippen LogP contribution < -0.4 is 14.4 Å². The molecule has 0 radical (unpaired) electrons. The summed E-state index contributed by atoms with van der Waals surface area (Å²) in [6.45, 7) is 5.55. The van der Waals surface area contributed by atoms with Crippen LogP contribution in [0.5, 0.6) is 5.75 Å². The van der Waals surface area contributed by atoms with Gasteiger partial charge >= 0.3 is 0 Å². The van der Waals surface area contributed by atoms with Crippen LogP contribution in [0.2, 0.25) is 5.02 Å². The Hall–Kier alpha value is -3.56. The van der Waals surface area contributed by atoms with E-state index in [0.29, 0.717) is 29.5 Å². The minimum absolute atomic E-state index is 0.0194. The number of anilines is 1. The molecule has 39 heavy (non-hydrogen) atoms. The van der Waals surface area contributed by atoms with Crippen molar-refractivity contribution in [2.45, 2.75) is 44.7 Å². The van der Waals surface area contributed by atoms with Gasteiger partial charge in [-0.3, -0.25) is 13.9 Å². The second-order valence-corrected chi connectivity index (χ2v) is 11.1. The van der Waals surface area contributed by atoms with Crippen LogP contribution in [-0.2, 0) is 26.2 Å². The number of amides is 2. The van der Waals surface area contributed by atoms with Gasteiger partial charge in [0.25, 0.3) is 10.0 Å². The summed E-state index contributed by atoms with van der Waals surface area (Å²) in [5.41, 5.74) is 0.854. The molecule has 8 nitrogen and oxygen atoms in total. The molecule has 10 heteroatoms. The Morgan fingerprint density at radius 1 is 0.949 bits per heavy atom. The third-order valence-corrected chi connectivity index (χ3v) is 8.20. The third kappa shape index (κ3) is 7.52. The average Bonchev–Trinajstić information content (AvgIpc) is 2.94. The van der Waals surface area contributed by atoms with E-state index in [1.807, 2.05) is 6.92 Å². The summed E-state index contributed by atoms with van der Waals surface area (Å²) in [4.78, 5) is 28.3. The number of carbonyl (C=O) groups excluding carboxylic acids is 2. The Morgan fingerprint density at radius 3 is 2.26 bits per heavy atom. The van der Waals surface area contributed by atoms with Gasteiger partial charge in [-0.2, -0.15) is 0 Å². The van der Waals surface area contributed by atoms with E-state index < -0.39 is 28.5 Å². The lowest BCUT2D eigenvalue weighted by Gasteiger charge is -2.32. The van der Waals surface area contributed by atoms with Crippen LogP contribution in [0.25, 0.3) is 0 Å². The van der Waals surface area contributed by atoms with Crippen LogP contribution in [0.1, 0.15) is 32.8 Å². The Kier molecular flexibility index (Phi) is 10.8. The molecule has 3 aromatic carbocycles. The van der Waals surface area contributed by atoms with Crippen LogP contribution in [0, 0.1) is 0 Å². The van der Waals surface area contributed by atoms with Gasteiger partial charge in [0.1, 0.15) is 18.3 Å². The van der Waals surface area contributed by atoms with Crippen LogP contribution in [0.3, 0.4) is 0 Å². The van der Waals surface area contributed by atoms with Crippen LogP contribution in [0.15, 0.2) is 83.8 Å². The Labute approximate surface area is 235 Å². The second-order valence-electron chi connectivity index (χ2n) is 8.81. The molecule has 0 aromatic heterocycles. The van der Waals surface area contributed by atoms with Gasteiger partial charge in [-0.1, -0.05) is 67.1 Å². The van der Waals surface area contributed by atoms with E-state index in [4.69, 9.17) is 16.3 Å². The fraction of sp³-hybridized carbons (Fsp3) is 0.310. The largest absolute Gasteiger partial charge is 0.492 e. The van der Waals surface area contributed by atoms with Crippen LogP contribution in [-0.4, -0.2) is 50.9 Å². The van der Waals surface area contributed by atoms with Crippen molar-refractivity contribution < 1.29 is 22.7 Å². The lowest BCUT2D eigenvalue weighted by atomic mass is 10.1. The molecule has 1 atom stereocenters. The molecule has 0 heterocycles. The molecule has 0 aliphatic heterocycles. The Morgan fingerprint density at radius 2 is 1.59 bits per heavy atom. The molecule has 1 unspecified atom stereocenters. The Bertz CT molecular complexity index is 1370. The fourth-order valence-electron chi connectivity index (χ4n) is 3.96. The lowest BCUT2D eigenvalue weighted by Crippen LogP contribution is -2.51. The van der Waals surface area contributed by atoms with Gasteiger partial charge in [-0.05, 0) is 56.2 Å². The summed E-state index contributed by atoms with van der Waals surface area (Å²) in [5, 5.41) is 3.25. The number of hydrogen-bond donors (Lipinski definition) is 1. The molecule has 0 saturated carbocycles. The predicted molar refractivity (Wildman–Crippen MR) is 153 cm³/mol. The molecule has 0 spiro atoms. The third-order valence-electron chi connectivity index (χ3n) is 6.06.